The van der Waals surface area contributed by atoms with E-state index in [1.165, 1.54) is 19.3 Å². The molecule has 0 saturated heterocycles. The van der Waals surface area contributed by atoms with Crippen LogP contribution in [0, 0.1) is 23.2 Å². The number of carbonyl (C=O) groups excluding carboxylic acids is 1. The highest BCUT2D eigenvalue weighted by molar-refractivity contribution is 5.98. The number of ketones is 1. The molecule has 1 aromatic heterocycles. The Hall–Kier alpha value is -1.31. The number of aromatic nitrogens is 1. The topological polar surface area (TPSA) is 32.9 Å². The maximum atomic E-state index is 12.7. The van der Waals surface area contributed by atoms with Gasteiger partial charge in [0, 0.05) is 17.3 Å². The molecular formula is C17H21NO. The third-order valence-electron chi connectivity index (χ3n) is 5.60. The lowest BCUT2D eigenvalue weighted by Gasteiger charge is -2.55. The molecular weight excluding hydrogens is 234 g/mol. The summed E-state index contributed by atoms with van der Waals surface area (Å²) < 4.78 is 0. The SMILES string of the molecule is O=C(/C=C/c1ccc[nH]1)C12CC3CC(CC(C3)C1)C2. The Labute approximate surface area is 114 Å². The maximum Gasteiger partial charge on any atom is 0.161 e. The van der Waals surface area contributed by atoms with Crippen LogP contribution >= 0.6 is 0 Å². The van der Waals surface area contributed by atoms with Crippen molar-refractivity contribution in [3.8, 4) is 0 Å². The fourth-order valence-electron chi connectivity index (χ4n) is 5.20. The van der Waals surface area contributed by atoms with E-state index in [4.69, 9.17) is 0 Å². The molecule has 4 bridgehead atoms. The molecule has 0 radical (unpaired) electrons. The van der Waals surface area contributed by atoms with E-state index in [2.05, 4.69) is 4.98 Å². The van der Waals surface area contributed by atoms with Gasteiger partial charge in [0.1, 0.15) is 0 Å². The first kappa shape index (κ1) is 11.5. The summed E-state index contributed by atoms with van der Waals surface area (Å²) in [6, 6.07) is 3.97. The Morgan fingerprint density at radius 1 is 1.16 bits per heavy atom. The molecule has 4 saturated carbocycles. The fourth-order valence-corrected chi connectivity index (χ4v) is 5.20. The average molecular weight is 255 g/mol. The van der Waals surface area contributed by atoms with Crippen LogP contribution in [0.3, 0.4) is 0 Å². The molecule has 0 aliphatic heterocycles. The summed E-state index contributed by atoms with van der Waals surface area (Å²) in [5.41, 5.74) is 1.04. The van der Waals surface area contributed by atoms with Gasteiger partial charge in [-0.3, -0.25) is 4.79 Å². The molecule has 0 amide bonds. The van der Waals surface area contributed by atoms with Gasteiger partial charge in [0.25, 0.3) is 0 Å². The molecule has 2 nitrogen and oxygen atoms in total. The van der Waals surface area contributed by atoms with Crippen molar-refractivity contribution in [3.05, 3.63) is 30.1 Å². The molecule has 4 fully saturated rings. The predicted molar refractivity (Wildman–Crippen MR) is 75.4 cm³/mol. The Morgan fingerprint density at radius 2 is 1.79 bits per heavy atom. The predicted octanol–water partition coefficient (Wildman–Crippen LogP) is 3.81. The highest BCUT2D eigenvalue weighted by atomic mass is 16.1. The number of rotatable bonds is 3. The van der Waals surface area contributed by atoms with Gasteiger partial charge in [-0.1, -0.05) is 0 Å². The van der Waals surface area contributed by atoms with Crippen LogP contribution in [-0.2, 0) is 4.79 Å². The number of nitrogens with one attached hydrogen (secondary N) is 1. The molecule has 0 unspecified atom stereocenters. The molecule has 19 heavy (non-hydrogen) atoms. The summed E-state index contributed by atoms with van der Waals surface area (Å²) in [7, 11) is 0. The molecule has 0 aromatic carbocycles. The number of carbonyl (C=O) groups is 1. The van der Waals surface area contributed by atoms with Gasteiger partial charge in [-0.05, 0) is 80.6 Å². The van der Waals surface area contributed by atoms with E-state index in [1.807, 2.05) is 30.5 Å². The normalized spacial score (nSPS) is 40.1. The van der Waals surface area contributed by atoms with Crippen LogP contribution in [0.15, 0.2) is 24.4 Å². The lowest BCUT2D eigenvalue weighted by atomic mass is 9.48. The molecule has 2 heteroatoms. The third kappa shape index (κ3) is 1.89. The van der Waals surface area contributed by atoms with Crippen molar-refractivity contribution in [3.63, 3.8) is 0 Å². The first-order chi connectivity index (χ1) is 9.23. The number of hydrogen-bond acceptors (Lipinski definition) is 1. The summed E-state index contributed by atoms with van der Waals surface area (Å²) in [5.74, 6) is 2.92. The summed E-state index contributed by atoms with van der Waals surface area (Å²) in [6.45, 7) is 0. The Bertz CT molecular complexity index is 476. The lowest BCUT2D eigenvalue weighted by Crippen LogP contribution is -2.49. The summed E-state index contributed by atoms with van der Waals surface area (Å²) in [5, 5.41) is 0. The molecule has 4 aliphatic rings. The van der Waals surface area contributed by atoms with Gasteiger partial charge in [0.15, 0.2) is 5.78 Å². The van der Waals surface area contributed by atoms with Crippen LogP contribution in [0.4, 0.5) is 0 Å². The van der Waals surface area contributed by atoms with Crippen molar-refractivity contribution in [2.75, 3.05) is 0 Å². The van der Waals surface area contributed by atoms with Crippen LogP contribution in [0.2, 0.25) is 0 Å². The number of hydrogen-bond donors (Lipinski definition) is 1. The van der Waals surface area contributed by atoms with E-state index in [9.17, 15) is 4.79 Å². The van der Waals surface area contributed by atoms with Gasteiger partial charge in [0.2, 0.25) is 0 Å². The van der Waals surface area contributed by atoms with Gasteiger partial charge in [-0.15, -0.1) is 0 Å². The second-order valence-electron chi connectivity index (χ2n) is 7.02. The van der Waals surface area contributed by atoms with Crippen LogP contribution in [0.1, 0.15) is 44.2 Å². The van der Waals surface area contributed by atoms with E-state index < -0.39 is 0 Å². The van der Waals surface area contributed by atoms with E-state index in [1.54, 1.807) is 0 Å². The van der Waals surface area contributed by atoms with Gasteiger partial charge in [0.05, 0.1) is 0 Å². The zero-order valence-electron chi connectivity index (χ0n) is 11.3. The molecule has 1 heterocycles. The largest absolute Gasteiger partial charge is 0.362 e. The highest BCUT2D eigenvalue weighted by Gasteiger charge is 2.53. The summed E-state index contributed by atoms with van der Waals surface area (Å²) >= 11 is 0. The van der Waals surface area contributed by atoms with Crippen molar-refractivity contribution in [2.45, 2.75) is 38.5 Å². The van der Waals surface area contributed by atoms with Crippen molar-refractivity contribution in [1.82, 2.24) is 4.98 Å². The minimum Gasteiger partial charge on any atom is -0.362 e. The number of H-pyrrole nitrogens is 1. The summed E-state index contributed by atoms with van der Waals surface area (Å²) in [6.07, 6.45) is 13.3. The van der Waals surface area contributed by atoms with E-state index in [0.717, 1.165) is 42.7 Å². The molecule has 100 valence electrons. The maximum absolute atomic E-state index is 12.7. The zero-order chi connectivity index (χ0) is 12.9. The zero-order valence-corrected chi connectivity index (χ0v) is 11.3. The summed E-state index contributed by atoms with van der Waals surface area (Å²) in [4.78, 5) is 15.8. The van der Waals surface area contributed by atoms with Crippen molar-refractivity contribution >= 4 is 11.9 Å². The van der Waals surface area contributed by atoms with Gasteiger partial charge in [-0.25, -0.2) is 0 Å². The number of allylic oxidation sites excluding steroid dienone is 1. The monoisotopic (exact) mass is 255 g/mol. The average Bonchev–Trinajstić information content (AvgIpc) is 2.87. The third-order valence-corrected chi connectivity index (χ3v) is 5.60. The first-order valence-electron chi connectivity index (χ1n) is 7.59. The van der Waals surface area contributed by atoms with E-state index in [-0.39, 0.29) is 5.41 Å². The second kappa shape index (κ2) is 4.09. The van der Waals surface area contributed by atoms with Crippen molar-refractivity contribution in [1.29, 1.82) is 0 Å². The lowest BCUT2D eigenvalue weighted by molar-refractivity contribution is -0.138. The van der Waals surface area contributed by atoms with Crippen LogP contribution in [0.5, 0.6) is 0 Å². The van der Waals surface area contributed by atoms with E-state index >= 15 is 0 Å². The molecule has 0 atom stereocenters. The van der Waals surface area contributed by atoms with Crippen LogP contribution < -0.4 is 0 Å². The molecule has 1 aromatic rings. The Morgan fingerprint density at radius 3 is 2.32 bits per heavy atom. The molecule has 0 spiro atoms. The minimum atomic E-state index is 0.0117. The van der Waals surface area contributed by atoms with Crippen LogP contribution in [0.25, 0.3) is 6.08 Å². The fraction of sp³-hybridized carbons (Fsp3) is 0.588. The first-order valence-corrected chi connectivity index (χ1v) is 7.59. The highest BCUT2D eigenvalue weighted by Crippen LogP contribution is 2.60. The Balaban J connectivity index is 1.56. The Kier molecular flexibility index (Phi) is 2.48. The molecule has 4 aliphatic carbocycles. The van der Waals surface area contributed by atoms with Gasteiger partial charge in [-0.2, -0.15) is 0 Å². The quantitative estimate of drug-likeness (QED) is 0.818. The van der Waals surface area contributed by atoms with E-state index in [0.29, 0.717) is 5.78 Å². The van der Waals surface area contributed by atoms with Crippen molar-refractivity contribution < 1.29 is 4.79 Å². The second-order valence-corrected chi connectivity index (χ2v) is 7.02. The van der Waals surface area contributed by atoms with Gasteiger partial charge >= 0.3 is 0 Å². The van der Waals surface area contributed by atoms with Crippen molar-refractivity contribution in [2.24, 2.45) is 23.2 Å². The smallest absolute Gasteiger partial charge is 0.161 e. The molecule has 5 rings (SSSR count). The van der Waals surface area contributed by atoms with Gasteiger partial charge < -0.3 is 4.98 Å². The molecule has 1 N–H and O–H groups in total. The standard InChI is InChI=1S/C17H21NO/c19-16(4-3-15-2-1-5-18-15)17-9-12-6-13(10-17)8-14(7-12)11-17/h1-5,12-14,18H,6-11H2/b4-3+. The van der Waals surface area contributed by atoms with Crippen LogP contribution in [-0.4, -0.2) is 10.8 Å². The number of aromatic amines is 1. The minimum absolute atomic E-state index is 0.0117.